The summed E-state index contributed by atoms with van der Waals surface area (Å²) < 4.78 is 0. The lowest BCUT2D eigenvalue weighted by molar-refractivity contribution is 0.725. The predicted octanol–water partition coefficient (Wildman–Crippen LogP) is 1.75. The van der Waals surface area contributed by atoms with Gasteiger partial charge in [0.25, 0.3) is 0 Å². The van der Waals surface area contributed by atoms with Crippen molar-refractivity contribution in [2.75, 3.05) is 25.5 Å². The van der Waals surface area contributed by atoms with E-state index in [9.17, 15) is 0 Å². The van der Waals surface area contributed by atoms with Crippen molar-refractivity contribution in [1.82, 2.24) is 15.3 Å². The molecule has 0 aromatic carbocycles. The fourth-order valence-electron chi connectivity index (χ4n) is 1.84. The highest BCUT2D eigenvalue weighted by Gasteiger charge is 2.18. The maximum atomic E-state index is 4.47. The molecule has 1 aromatic heterocycles. The molecule has 1 aliphatic rings. The van der Waals surface area contributed by atoms with Crippen LogP contribution in [0.5, 0.6) is 0 Å². The highest BCUT2D eigenvalue weighted by molar-refractivity contribution is 5.85. The zero-order valence-corrected chi connectivity index (χ0v) is 11.1. The van der Waals surface area contributed by atoms with Crippen molar-refractivity contribution in [3.8, 4) is 0 Å². The molecule has 1 atom stereocenters. The van der Waals surface area contributed by atoms with E-state index in [1.807, 2.05) is 20.0 Å². The molecular weight excluding hydrogens is 247 g/mol. The van der Waals surface area contributed by atoms with Crippen LogP contribution in [0.25, 0.3) is 0 Å². The Labute approximate surface area is 108 Å². The Kier molecular flexibility index (Phi) is 6.64. The minimum atomic E-state index is 0. The number of hydrogen-bond acceptors (Lipinski definition) is 4. The molecule has 0 amide bonds. The summed E-state index contributed by atoms with van der Waals surface area (Å²) in [5.41, 5.74) is 1.16. The Morgan fingerprint density at radius 3 is 2.69 bits per heavy atom. The van der Waals surface area contributed by atoms with Crippen LogP contribution in [-0.2, 0) is 0 Å². The molecule has 0 aliphatic carbocycles. The van der Waals surface area contributed by atoms with Crippen molar-refractivity contribution < 1.29 is 0 Å². The largest absolute Gasteiger partial charge is 0.373 e. The van der Waals surface area contributed by atoms with E-state index in [0.717, 1.165) is 30.4 Å². The summed E-state index contributed by atoms with van der Waals surface area (Å²) in [6.07, 6.45) is 1.18. The van der Waals surface area contributed by atoms with Gasteiger partial charge in [-0.15, -0.1) is 24.8 Å². The first-order valence-electron chi connectivity index (χ1n) is 5.03. The third-order valence-corrected chi connectivity index (χ3v) is 2.59. The van der Waals surface area contributed by atoms with Crippen LogP contribution in [0, 0.1) is 6.92 Å². The van der Waals surface area contributed by atoms with Gasteiger partial charge in [0.2, 0.25) is 0 Å². The maximum Gasteiger partial charge on any atom is 0.129 e. The summed E-state index contributed by atoms with van der Waals surface area (Å²) in [5, 5.41) is 6.41. The summed E-state index contributed by atoms with van der Waals surface area (Å²) in [4.78, 5) is 8.75. The number of aryl methyl sites for hydroxylation is 1. The number of anilines is 1. The van der Waals surface area contributed by atoms with E-state index >= 15 is 0 Å². The van der Waals surface area contributed by atoms with Crippen molar-refractivity contribution >= 4 is 30.6 Å². The smallest absolute Gasteiger partial charge is 0.129 e. The van der Waals surface area contributed by atoms with Gasteiger partial charge in [-0.1, -0.05) is 0 Å². The minimum absolute atomic E-state index is 0. The second kappa shape index (κ2) is 6.89. The standard InChI is InChI=1S/C10H16N4.2ClH/c1-7-13-9(5-10(11-2)14-7)8-3-4-12-6-8;;/h5,8,12H,3-4,6H2,1-2H3,(H,11,13,14);2*1H. The lowest BCUT2D eigenvalue weighted by Crippen LogP contribution is -2.10. The Balaban J connectivity index is 0.00000112. The molecule has 2 heterocycles. The molecule has 1 aliphatic heterocycles. The first-order valence-corrected chi connectivity index (χ1v) is 5.03. The van der Waals surface area contributed by atoms with Gasteiger partial charge in [-0.2, -0.15) is 0 Å². The van der Waals surface area contributed by atoms with E-state index in [1.54, 1.807) is 0 Å². The molecule has 0 radical (unpaired) electrons. The third kappa shape index (κ3) is 3.47. The number of aromatic nitrogens is 2. The molecular formula is C10H18Cl2N4. The molecule has 1 aromatic rings. The van der Waals surface area contributed by atoms with Gasteiger partial charge in [0.1, 0.15) is 11.6 Å². The molecule has 16 heavy (non-hydrogen) atoms. The van der Waals surface area contributed by atoms with Crippen molar-refractivity contribution in [1.29, 1.82) is 0 Å². The summed E-state index contributed by atoms with van der Waals surface area (Å²) >= 11 is 0. The van der Waals surface area contributed by atoms with Gasteiger partial charge in [0.05, 0.1) is 5.69 Å². The molecule has 1 unspecified atom stereocenters. The number of rotatable bonds is 2. The van der Waals surface area contributed by atoms with Crippen LogP contribution in [0.4, 0.5) is 5.82 Å². The minimum Gasteiger partial charge on any atom is -0.373 e. The Morgan fingerprint density at radius 1 is 1.38 bits per heavy atom. The average Bonchev–Trinajstić information content (AvgIpc) is 2.69. The molecule has 1 saturated heterocycles. The van der Waals surface area contributed by atoms with E-state index in [-0.39, 0.29) is 24.8 Å². The van der Waals surface area contributed by atoms with Crippen molar-refractivity contribution in [3.05, 3.63) is 17.6 Å². The first kappa shape index (κ1) is 15.4. The zero-order chi connectivity index (χ0) is 9.97. The number of nitrogens with one attached hydrogen (secondary N) is 2. The average molecular weight is 265 g/mol. The van der Waals surface area contributed by atoms with Gasteiger partial charge in [-0.3, -0.25) is 0 Å². The molecule has 4 nitrogen and oxygen atoms in total. The van der Waals surface area contributed by atoms with Crippen molar-refractivity contribution in [2.24, 2.45) is 0 Å². The summed E-state index contributed by atoms with van der Waals surface area (Å²) in [7, 11) is 1.89. The number of halogens is 2. The monoisotopic (exact) mass is 264 g/mol. The van der Waals surface area contributed by atoms with Crippen LogP contribution in [0.1, 0.15) is 23.9 Å². The van der Waals surface area contributed by atoms with Crippen LogP contribution in [0.2, 0.25) is 0 Å². The molecule has 6 heteroatoms. The van der Waals surface area contributed by atoms with Gasteiger partial charge < -0.3 is 10.6 Å². The molecule has 2 rings (SSSR count). The first-order chi connectivity index (χ1) is 6.79. The van der Waals surface area contributed by atoms with E-state index < -0.39 is 0 Å². The maximum absolute atomic E-state index is 4.47. The molecule has 0 bridgehead atoms. The van der Waals surface area contributed by atoms with E-state index in [4.69, 9.17) is 0 Å². The van der Waals surface area contributed by atoms with Crippen LogP contribution in [0.15, 0.2) is 6.07 Å². The zero-order valence-electron chi connectivity index (χ0n) is 9.49. The Hall–Kier alpha value is -0.580. The lowest BCUT2D eigenvalue weighted by atomic mass is 10.0. The molecule has 0 saturated carbocycles. The van der Waals surface area contributed by atoms with Gasteiger partial charge in [-0.25, -0.2) is 9.97 Å². The highest BCUT2D eigenvalue weighted by Crippen LogP contribution is 2.21. The molecule has 1 fully saturated rings. The summed E-state index contributed by atoms with van der Waals surface area (Å²) in [6, 6.07) is 2.05. The number of nitrogens with zero attached hydrogens (tertiary/aromatic N) is 2. The highest BCUT2D eigenvalue weighted by atomic mass is 35.5. The van der Waals surface area contributed by atoms with Gasteiger partial charge in [0.15, 0.2) is 0 Å². The normalized spacial score (nSPS) is 18.5. The van der Waals surface area contributed by atoms with Crippen LogP contribution < -0.4 is 10.6 Å². The van der Waals surface area contributed by atoms with E-state index in [2.05, 4.69) is 20.6 Å². The second-order valence-corrected chi connectivity index (χ2v) is 3.66. The molecule has 2 N–H and O–H groups in total. The van der Waals surface area contributed by atoms with Gasteiger partial charge >= 0.3 is 0 Å². The SMILES string of the molecule is CNc1cc(C2CCNC2)nc(C)n1.Cl.Cl. The van der Waals surface area contributed by atoms with Crippen LogP contribution in [0.3, 0.4) is 0 Å². The summed E-state index contributed by atoms with van der Waals surface area (Å²) in [6.45, 7) is 4.08. The Morgan fingerprint density at radius 2 is 2.12 bits per heavy atom. The summed E-state index contributed by atoms with van der Waals surface area (Å²) in [5.74, 6) is 2.32. The van der Waals surface area contributed by atoms with Crippen molar-refractivity contribution in [2.45, 2.75) is 19.3 Å². The topological polar surface area (TPSA) is 49.8 Å². The quantitative estimate of drug-likeness (QED) is 0.855. The van der Waals surface area contributed by atoms with E-state index in [0.29, 0.717) is 5.92 Å². The Bertz CT molecular complexity index is 327. The van der Waals surface area contributed by atoms with Crippen LogP contribution >= 0.6 is 24.8 Å². The van der Waals surface area contributed by atoms with E-state index in [1.165, 1.54) is 6.42 Å². The number of hydrogen-bond donors (Lipinski definition) is 2. The fourth-order valence-corrected chi connectivity index (χ4v) is 1.84. The van der Waals surface area contributed by atoms with Crippen LogP contribution in [-0.4, -0.2) is 30.1 Å². The lowest BCUT2D eigenvalue weighted by Gasteiger charge is -2.10. The third-order valence-electron chi connectivity index (χ3n) is 2.59. The second-order valence-electron chi connectivity index (χ2n) is 3.66. The molecule has 0 spiro atoms. The predicted molar refractivity (Wildman–Crippen MR) is 71.0 cm³/mol. The van der Waals surface area contributed by atoms with Gasteiger partial charge in [-0.05, 0) is 19.9 Å². The van der Waals surface area contributed by atoms with Crippen molar-refractivity contribution in [3.63, 3.8) is 0 Å². The van der Waals surface area contributed by atoms with Gasteiger partial charge in [0, 0.05) is 25.6 Å². The molecule has 92 valence electrons. The fraction of sp³-hybridized carbons (Fsp3) is 0.600.